The van der Waals surface area contributed by atoms with Crippen LogP contribution in [0, 0.1) is 20.8 Å². The SMILES string of the molecule is Cc1ccc(CSCC(=O)O[C@@H](C)C(=O)Nc2ccc(C)cc2C)cc1. The van der Waals surface area contributed by atoms with E-state index in [2.05, 4.69) is 5.32 Å². The topological polar surface area (TPSA) is 55.4 Å². The number of esters is 1. The molecule has 0 saturated heterocycles. The van der Waals surface area contributed by atoms with Crippen LogP contribution in [-0.2, 0) is 20.1 Å². The van der Waals surface area contributed by atoms with Crippen molar-refractivity contribution < 1.29 is 14.3 Å². The summed E-state index contributed by atoms with van der Waals surface area (Å²) in [7, 11) is 0. The zero-order chi connectivity index (χ0) is 19.1. The van der Waals surface area contributed by atoms with Gasteiger partial charge in [-0.15, -0.1) is 11.8 Å². The summed E-state index contributed by atoms with van der Waals surface area (Å²) < 4.78 is 5.23. The van der Waals surface area contributed by atoms with Gasteiger partial charge < -0.3 is 10.1 Å². The van der Waals surface area contributed by atoms with Gasteiger partial charge in [-0.1, -0.05) is 47.5 Å². The third kappa shape index (κ3) is 6.23. The van der Waals surface area contributed by atoms with Crippen LogP contribution >= 0.6 is 11.8 Å². The number of rotatable bonds is 7. The van der Waals surface area contributed by atoms with Crippen molar-refractivity contribution in [2.45, 2.75) is 39.6 Å². The lowest BCUT2D eigenvalue weighted by Crippen LogP contribution is -2.30. The molecule has 26 heavy (non-hydrogen) atoms. The van der Waals surface area contributed by atoms with Crippen molar-refractivity contribution in [3.05, 3.63) is 64.7 Å². The Kier molecular flexibility index (Phi) is 7.27. The van der Waals surface area contributed by atoms with E-state index in [0.29, 0.717) is 0 Å². The molecule has 0 aliphatic carbocycles. The minimum atomic E-state index is -0.830. The Morgan fingerprint density at radius 3 is 2.35 bits per heavy atom. The van der Waals surface area contributed by atoms with Crippen LogP contribution in [0.2, 0.25) is 0 Å². The molecule has 1 N–H and O–H groups in total. The number of ether oxygens (including phenoxy) is 1. The number of amides is 1. The van der Waals surface area contributed by atoms with Crippen LogP contribution in [-0.4, -0.2) is 23.7 Å². The Hall–Kier alpha value is -2.27. The Morgan fingerprint density at radius 1 is 1.04 bits per heavy atom. The van der Waals surface area contributed by atoms with Gasteiger partial charge in [0.15, 0.2) is 6.10 Å². The van der Waals surface area contributed by atoms with Gasteiger partial charge in [0.2, 0.25) is 0 Å². The van der Waals surface area contributed by atoms with Crippen molar-refractivity contribution in [2.75, 3.05) is 11.1 Å². The Labute approximate surface area is 159 Å². The van der Waals surface area contributed by atoms with Gasteiger partial charge in [0, 0.05) is 11.4 Å². The van der Waals surface area contributed by atoms with E-state index in [0.717, 1.165) is 28.1 Å². The van der Waals surface area contributed by atoms with Gasteiger partial charge in [-0.25, -0.2) is 0 Å². The van der Waals surface area contributed by atoms with Gasteiger partial charge in [0.1, 0.15) is 0 Å². The quantitative estimate of drug-likeness (QED) is 0.732. The molecule has 0 aromatic heterocycles. The van der Waals surface area contributed by atoms with Gasteiger partial charge in [0.05, 0.1) is 5.75 Å². The smallest absolute Gasteiger partial charge is 0.316 e. The molecule has 0 bridgehead atoms. The number of carbonyl (C=O) groups is 2. The zero-order valence-electron chi connectivity index (χ0n) is 15.7. The van der Waals surface area contributed by atoms with Crippen molar-refractivity contribution >= 4 is 29.3 Å². The number of hydrogen-bond acceptors (Lipinski definition) is 4. The number of anilines is 1. The number of aryl methyl sites for hydroxylation is 3. The average Bonchev–Trinajstić information content (AvgIpc) is 2.59. The van der Waals surface area contributed by atoms with Crippen molar-refractivity contribution in [3.63, 3.8) is 0 Å². The molecule has 1 atom stereocenters. The highest BCUT2D eigenvalue weighted by Crippen LogP contribution is 2.17. The molecule has 2 aromatic rings. The molecule has 0 heterocycles. The first-order chi connectivity index (χ1) is 12.3. The van der Waals surface area contributed by atoms with Crippen molar-refractivity contribution in [3.8, 4) is 0 Å². The van der Waals surface area contributed by atoms with Gasteiger partial charge in [-0.2, -0.15) is 0 Å². The van der Waals surface area contributed by atoms with Crippen LogP contribution in [0.4, 0.5) is 5.69 Å². The molecule has 0 radical (unpaired) electrons. The maximum atomic E-state index is 12.2. The molecular weight excluding hydrogens is 346 g/mol. The molecule has 0 fully saturated rings. The monoisotopic (exact) mass is 371 g/mol. The number of thioether (sulfide) groups is 1. The molecule has 0 aliphatic heterocycles. The normalized spacial score (nSPS) is 11.7. The molecule has 0 spiro atoms. The largest absolute Gasteiger partial charge is 0.452 e. The highest BCUT2D eigenvalue weighted by atomic mass is 32.2. The molecule has 4 nitrogen and oxygen atoms in total. The molecule has 2 rings (SSSR count). The third-order valence-electron chi connectivity index (χ3n) is 3.93. The standard InChI is InChI=1S/C21H25NO3S/c1-14-5-8-18(9-6-14)12-26-13-20(23)25-17(4)21(24)22-19-10-7-15(2)11-16(19)3/h5-11,17H,12-13H2,1-4H3,(H,22,24)/t17-/m0/s1. The number of nitrogens with one attached hydrogen (secondary N) is 1. The maximum absolute atomic E-state index is 12.2. The summed E-state index contributed by atoms with van der Waals surface area (Å²) >= 11 is 1.48. The lowest BCUT2D eigenvalue weighted by atomic mass is 10.1. The Morgan fingerprint density at radius 2 is 1.69 bits per heavy atom. The van der Waals surface area contributed by atoms with Crippen LogP contribution in [0.15, 0.2) is 42.5 Å². The maximum Gasteiger partial charge on any atom is 0.316 e. The predicted molar refractivity (Wildman–Crippen MR) is 107 cm³/mol. The van der Waals surface area contributed by atoms with Crippen molar-refractivity contribution in [1.82, 2.24) is 0 Å². The second-order valence-corrected chi connectivity index (χ2v) is 7.40. The number of hydrogen-bond donors (Lipinski definition) is 1. The van der Waals surface area contributed by atoms with E-state index in [-0.39, 0.29) is 17.6 Å². The van der Waals surface area contributed by atoms with E-state index in [1.54, 1.807) is 6.92 Å². The van der Waals surface area contributed by atoms with E-state index in [1.807, 2.05) is 63.2 Å². The number of benzene rings is 2. The lowest BCUT2D eigenvalue weighted by molar-refractivity contribution is -0.150. The fourth-order valence-corrected chi connectivity index (χ4v) is 3.17. The molecule has 0 saturated carbocycles. The summed E-state index contributed by atoms with van der Waals surface area (Å²) in [6.45, 7) is 7.55. The van der Waals surface area contributed by atoms with Crippen molar-refractivity contribution in [2.24, 2.45) is 0 Å². The van der Waals surface area contributed by atoms with Gasteiger partial charge in [0.25, 0.3) is 5.91 Å². The number of carbonyl (C=O) groups excluding carboxylic acids is 2. The van der Waals surface area contributed by atoms with E-state index in [1.165, 1.54) is 17.3 Å². The van der Waals surface area contributed by atoms with E-state index >= 15 is 0 Å². The summed E-state index contributed by atoms with van der Waals surface area (Å²) in [5.74, 6) is 0.243. The minimum Gasteiger partial charge on any atom is -0.452 e. The summed E-state index contributed by atoms with van der Waals surface area (Å²) in [4.78, 5) is 24.2. The van der Waals surface area contributed by atoms with E-state index in [4.69, 9.17) is 4.74 Å². The van der Waals surface area contributed by atoms with Gasteiger partial charge in [-0.05, 0) is 44.9 Å². The van der Waals surface area contributed by atoms with Gasteiger partial charge >= 0.3 is 5.97 Å². The second-order valence-electron chi connectivity index (χ2n) is 6.42. The molecule has 138 valence electrons. The first kappa shape index (κ1) is 20.0. The molecule has 5 heteroatoms. The van der Waals surface area contributed by atoms with Crippen LogP contribution in [0.1, 0.15) is 29.2 Å². The van der Waals surface area contributed by atoms with Gasteiger partial charge in [-0.3, -0.25) is 9.59 Å². The lowest BCUT2D eigenvalue weighted by Gasteiger charge is -2.15. The molecular formula is C21H25NO3S. The second kappa shape index (κ2) is 9.43. The fourth-order valence-electron chi connectivity index (χ4n) is 2.41. The van der Waals surface area contributed by atoms with E-state index in [9.17, 15) is 9.59 Å². The van der Waals surface area contributed by atoms with E-state index < -0.39 is 6.10 Å². The van der Waals surface area contributed by atoms with Crippen LogP contribution in [0.25, 0.3) is 0 Å². The average molecular weight is 372 g/mol. The fraction of sp³-hybridized carbons (Fsp3) is 0.333. The zero-order valence-corrected chi connectivity index (χ0v) is 16.5. The predicted octanol–water partition coefficient (Wildman–Crippen LogP) is 4.42. The molecule has 2 aromatic carbocycles. The Balaban J connectivity index is 1.76. The third-order valence-corrected chi connectivity index (χ3v) is 4.90. The minimum absolute atomic E-state index is 0.217. The van der Waals surface area contributed by atoms with Crippen LogP contribution < -0.4 is 5.32 Å². The van der Waals surface area contributed by atoms with Crippen molar-refractivity contribution in [1.29, 1.82) is 0 Å². The summed E-state index contributed by atoms with van der Waals surface area (Å²) in [6.07, 6.45) is -0.830. The summed E-state index contributed by atoms with van der Waals surface area (Å²) in [6, 6.07) is 14.0. The van der Waals surface area contributed by atoms with Crippen LogP contribution in [0.3, 0.4) is 0 Å². The summed E-state index contributed by atoms with van der Waals surface area (Å²) in [5.41, 5.74) is 5.21. The highest BCUT2D eigenvalue weighted by Gasteiger charge is 2.18. The highest BCUT2D eigenvalue weighted by molar-refractivity contribution is 7.99. The first-order valence-electron chi connectivity index (χ1n) is 8.56. The first-order valence-corrected chi connectivity index (χ1v) is 9.71. The molecule has 0 unspecified atom stereocenters. The summed E-state index contributed by atoms with van der Waals surface area (Å²) in [5, 5.41) is 2.81. The Bertz CT molecular complexity index is 771. The van der Waals surface area contributed by atoms with Crippen LogP contribution in [0.5, 0.6) is 0 Å². The molecule has 1 amide bonds. The molecule has 0 aliphatic rings.